The molecule has 0 unspecified atom stereocenters. The first kappa shape index (κ1) is 18.7. The molecular formula is C22H23ClN4O. The highest BCUT2D eigenvalue weighted by atomic mass is 35.5. The second-order valence-corrected chi connectivity index (χ2v) is 7.67. The van der Waals surface area contributed by atoms with Crippen LogP contribution in [-0.2, 0) is 6.54 Å². The molecule has 4 rings (SSSR count). The number of carbonyl (C=O) groups is 1. The number of aryl methyl sites for hydroxylation is 1. The van der Waals surface area contributed by atoms with Gasteiger partial charge in [0.15, 0.2) is 0 Å². The number of nitrogens with one attached hydrogen (secondary N) is 2. The van der Waals surface area contributed by atoms with Gasteiger partial charge in [-0.15, -0.1) is 0 Å². The van der Waals surface area contributed by atoms with Crippen LogP contribution in [0.5, 0.6) is 0 Å². The van der Waals surface area contributed by atoms with Gasteiger partial charge in [-0.1, -0.05) is 41.9 Å². The molecule has 0 radical (unpaired) electrons. The molecule has 2 N–H and O–H groups in total. The highest BCUT2D eigenvalue weighted by molar-refractivity contribution is 6.31. The van der Waals surface area contributed by atoms with E-state index in [1.54, 1.807) is 0 Å². The number of pyridine rings is 1. The summed E-state index contributed by atoms with van der Waals surface area (Å²) < 4.78 is 0. The van der Waals surface area contributed by atoms with Gasteiger partial charge in [-0.05, 0) is 37.1 Å². The van der Waals surface area contributed by atoms with Crippen LogP contribution in [0.1, 0.15) is 17.7 Å². The number of halogens is 1. The molecule has 5 nitrogen and oxygen atoms in total. The summed E-state index contributed by atoms with van der Waals surface area (Å²) in [7, 11) is 0. The average molecular weight is 395 g/mol. The number of aromatic nitrogens is 1. The molecule has 6 heteroatoms. The lowest BCUT2D eigenvalue weighted by Crippen LogP contribution is -2.39. The minimum atomic E-state index is -0.174. The second-order valence-electron chi connectivity index (χ2n) is 7.26. The Labute approximate surface area is 169 Å². The molecule has 28 heavy (non-hydrogen) atoms. The van der Waals surface area contributed by atoms with Gasteiger partial charge in [0.25, 0.3) is 0 Å². The lowest BCUT2D eigenvalue weighted by atomic mass is 10.1. The lowest BCUT2D eigenvalue weighted by molar-refractivity contribution is 0.247. The summed E-state index contributed by atoms with van der Waals surface area (Å²) in [6.07, 6.45) is 2.76. The van der Waals surface area contributed by atoms with Gasteiger partial charge in [0.1, 0.15) is 0 Å². The number of nitrogens with zero attached hydrogens (tertiary/aromatic N) is 2. The normalized spacial score (nSPS) is 17.0. The molecule has 1 aliphatic heterocycles. The van der Waals surface area contributed by atoms with Crippen molar-refractivity contribution in [3.05, 3.63) is 71.0 Å². The van der Waals surface area contributed by atoms with Crippen molar-refractivity contribution in [2.24, 2.45) is 0 Å². The third kappa shape index (κ3) is 4.26. The first-order valence-corrected chi connectivity index (χ1v) is 9.85. The molecule has 2 heterocycles. The molecule has 0 aliphatic carbocycles. The number of carbonyl (C=O) groups excluding carboxylic acids is 1. The van der Waals surface area contributed by atoms with Gasteiger partial charge in [0, 0.05) is 53.4 Å². The van der Waals surface area contributed by atoms with Gasteiger partial charge in [0.05, 0.1) is 5.69 Å². The number of benzene rings is 2. The first-order valence-electron chi connectivity index (χ1n) is 9.47. The van der Waals surface area contributed by atoms with Crippen LogP contribution in [-0.4, -0.2) is 35.0 Å². The van der Waals surface area contributed by atoms with E-state index in [2.05, 4.69) is 20.5 Å². The quantitative estimate of drug-likeness (QED) is 0.680. The number of likely N-dealkylation sites (tertiary alicyclic amines) is 1. The standard InChI is InChI=1S/C22H23ClN4O/c1-15-11-19-16(12-24-15)6-4-8-21(19)26-22(28)25-18-9-10-27(14-18)13-17-5-2-3-7-20(17)23/h2-8,11-12,18H,9-10,13-14H2,1H3,(H2,25,26,28)/t18-/m1/s1. The van der Waals surface area contributed by atoms with Crippen LogP contribution in [0.4, 0.5) is 10.5 Å². The molecule has 0 bridgehead atoms. The summed E-state index contributed by atoms with van der Waals surface area (Å²) in [4.78, 5) is 19.2. The smallest absolute Gasteiger partial charge is 0.319 e. The zero-order valence-electron chi connectivity index (χ0n) is 15.8. The summed E-state index contributed by atoms with van der Waals surface area (Å²) >= 11 is 6.26. The number of hydrogen-bond acceptors (Lipinski definition) is 3. The molecule has 2 amide bonds. The average Bonchev–Trinajstić information content (AvgIpc) is 3.11. The highest BCUT2D eigenvalue weighted by Crippen LogP contribution is 2.24. The van der Waals surface area contributed by atoms with E-state index in [1.807, 2.05) is 61.7 Å². The van der Waals surface area contributed by atoms with Crippen molar-refractivity contribution in [3.8, 4) is 0 Å². The van der Waals surface area contributed by atoms with E-state index < -0.39 is 0 Å². The molecule has 1 saturated heterocycles. The molecule has 1 aromatic heterocycles. The van der Waals surface area contributed by atoms with Gasteiger partial charge in [-0.3, -0.25) is 9.88 Å². The van der Waals surface area contributed by atoms with Crippen molar-refractivity contribution in [1.82, 2.24) is 15.2 Å². The number of anilines is 1. The van der Waals surface area contributed by atoms with E-state index in [0.717, 1.165) is 58.8 Å². The maximum absolute atomic E-state index is 12.5. The van der Waals surface area contributed by atoms with E-state index in [0.29, 0.717) is 0 Å². The van der Waals surface area contributed by atoms with Gasteiger partial charge >= 0.3 is 6.03 Å². The largest absolute Gasteiger partial charge is 0.334 e. The summed E-state index contributed by atoms with van der Waals surface area (Å²) in [6.45, 7) is 4.50. The van der Waals surface area contributed by atoms with Crippen LogP contribution in [0.25, 0.3) is 10.8 Å². The zero-order valence-corrected chi connectivity index (χ0v) is 16.5. The molecule has 1 atom stereocenters. The number of rotatable bonds is 4. The zero-order chi connectivity index (χ0) is 19.5. The van der Waals surface area contributed by atoms with Crippen molar-refractivity contribution in [2.45, 2.75) is 25.9 Å². The molecule has 0 spiro atoms. The fourth-order valence-corrected chi connectivity index (χ4v) is 3.88. The van der Waals surface area contributed by atoms with E-state index in [4.69, 9.17) is 11.6 Å². The Morgan fingerprint density at radius 3 is 2.96 bits per heavy atom. The number of urea groups is 1. The van der Waals surface area contributed by atoms with Crippen LogP contribution >= 0.6 is 11.6 Å². The fourth-order valence-electron chi connectivity index (χ4n) is 3.69. The van der Waals surface area contributed by atoms with E-state index in [-0.39, 0.29) is 12.1 Å². The van der Waals surface area contributed by atoms with Gasteiger partial charge < -0.3 is 10.6 Å². The predicted octanol–water partition coefficient (Wildman–Crippen LogP) is 4.59. The first-order chi connectivity index (χ1) is 13.6. The third-order valence-corrected chi connectivity index (χ3v) is 5.48. The molecule has 1 fully saturated rings. The molecule has 2 aromatic carbocycles. The molecular weight excluding hydrogens is 372 g/mol. The van der Waals surface area contributed by atoms with Crippen molar-refractivity contribution >= 4 is 34.1 Å². The minimum absolute atomic E-state index is 0.126. The van der Waals surface area contributed by atoms with Gasteiger partial charge in [-0.25, -0.2) is 4.79 Å². The van der Waals surface area contributed by atoms with Gasteiger partial charge in [0.2, 0.25) is 0 Å². The Hall–Kier alpha value is -2.63. The van der Waals surface area contributed by atoms with E-state index >= 15 is 0 Å². The Kier molecular flexibility index (Phi) is 5.46. The maximum atomic E-state index is 12.5. The van der Waals surface area contributed by atoms with Crippen molar-refractivity contribution in [2.75, 3.05) is 18.4 Å². The Morgan fingerprint density at radius 2 is 2.11 bits per heavy atom. The number of amides is 2. The molecule has 0 saturated carbocycles. The Bertz CT molecular complexity index is 1010. The van der Waals surface area contributed by atoms with Crippen molar-refractivity contribution in [3.63, 3.8) is 0 Å². The fraction of sp³-hybridized carbons (Fsp3) is 0.273. The van der Waals surface area contributed by atoms with Gasteiger partial charge in [-0.2, -0.15) is 0 Å². The monoisotopic (exact) mass is 394 g/mol. The molecule has 3 aromatic rings. The van der Waals surface area contributed by atoms with Crippen LogP contribution in [0.15, 0.2) is 54.7 Å². The van der Waals surface area contributed by atoms with Crippen LogP contribution in [0.2, 0.25) is 5.02 Å². The predicted molar refractivity (Wildman–Crippen MR) is 114 cm³/mol. The SMILES string of the molecule is Cc1cc2c(NC(=O)N[C@@H]3CCN(Cc4ccccc4Cl)C3)cccc2cn1. The minimum Gasteiger partial charge on any atom is -0.334 e. The summed E-state index contributed by atoms with van der Waals surface area (Å²) in [6, 6.07) is 15.7. The van der Waals surface area contributed by atoms with E-state index in [9.17, 15) is 4.79 Å². The Morgan fingerprint density at radius 1 is 1.25 bits per heavy atom. The lowest BCUT2D eigenvalue weighted by Gasteiger charge is -2.18. The molecule has 144 valence electrons. The maximum Gasteiger partial charge on any atom is 0.319 e. The molecule has 1 aliphatic rings. The van der Waals surface area contributed by atoms with Crippen LogP contribution in [0, 0.1) is 6.92 Å². The summed E-state index contributed by atoms with van der Waals surface area (Å²) in [5, 5.41) is 8.89. The highest BCUT2D eigenvalue weighted by Gasteiger charge is 2.24. The van der Waals surface area contributed by atoms with Crippen LogP contribution in [0.3, 0.4) is 0 Å². The topological polar surface area (TPSA) is 57.3 Å². The number of hydrogen-bond donors (Lipinski definition) is 2. The van der Waals surface area contributed by atoms with Crippen molar-refractivity contribution in [1.29, 1.82) is 0 Å². The van der Waals surface area contributed by atoms with E-state index in [1.165, 1.54) is 0 Å². The summed E-state index contributed by atoms with van der Waals surface area (Å²) in [5.41, 5.74) is 2.84. The second kappa shape index (κ2) is 8.17. The Balaban J connectivity index is 1.36. The summed E-state index contributed by atoms with van der Waals surface area (Å²) in [5.74, 6) is 0. The number of fused-ring (bicyclic) bond motifs is 1. The van der Waals surface area contributed by atoms with Crippen LogP contribution < -0.4 is 10.6 Å². The third-order valence-electron chi connectivity index (χ3n) is 5.11. The van der Waals surface area contributed by atoms with Crippen molar-refractivity contribution < 1.29 is 4.79 Å².